The van der Waals surface area contributed by atoms with Gasteiger partial charge in [-0.05, 0) is 11.6 Å². The topological polar surface area (TPSA) is 107 Å². The third-order valence-corrected chi connectivity index (χ3v) is 2.84. The third-order valence-electron chi connectivity index (χ3n) is 2.84. The van der Waals surface area contributed by atoms with E-state index in [1.165, 1.54) is 25.7 Å². The molecule has 0 aromatic carbocycles. The van der Waals surface area contributed by atoms with Crippen LogP contribution in [0.15, 0.2) is 14.8 Å². The first kappa shape index (κ1) is 15.1. The van der Waals surface area contributed by atoms with Gasteiger partial charge in [0.1, 0.15) is 5.82 Å². The number of aromatic nitrogens is 2. The Morgan fingerprint density at radius 3 is 2.42 bits per heavy atom. The van der Waals surface area contributed by atoms with E-state index in [4.69, 9.17) is 0 Å². The third kappa shape index (κ3) is 5.07. The maximum absolute atomic E-state index is 11.3. The molecule has 7 heteroatoms. The molecule has 1 rings (SSSR count). The summed E-state index contributed by atoms with van der Waals surface area (Å²) in [4.78, 5) is 37.2. The Hall–Kier alpha value is -1.92. The van der Waals surface area contributed by atoms with Crippen LogP contribution in [0.1, 0.15) is 45.4 Å². The van der Waals surface area contributed by atoms with Crippen molar-refractivity contribution in [3.05, 3.63) is 25.7 Å². The quantitative estimate of drug-likeness (QED) is 0.471. The molecule has 0 fully saturated rings. The lowest BCUT2D eigenvalue weighted by atomic mass is 10.1. The molecule has 7 nitrogen and oxygen atoms in total. The first-order valence-corrected chi connectivity index (χ1v) is 6.63. The van der Waals surface area contributed by atoms with Gasteiger partial charge in [0.2, 0.25) is 5.69 Å². The van der Waals surface area contributed by atoms with Crippen LogP contribution in [0.2, 0.25) is 0 Å². The molecule has 0 radical (unpaired) electrons. The van der Waals surface area contributed by atoms with Crippen LogP contribution < -0.4 is 16.6 Å². The molecule has 0 bridgehead atoms. The van der Waals surface area contributed by atoms with Gasteiger partial charge in [0, 0.05) is 6.54 Å². The van der Waals surface area contributed by atoms with Gasteiger partial charge < -0.3 is 5.32 Å². The van der Waals surface area contributed by atoms with E-state index in [1.54, 1.807) is 0 Å². The molecule has 0 saturated carbocycles. The first-order valence-electron chi connectivity index (χ1n) is 6.63. The van der Waals surface area contributed by atoms with Gasteiger partial charge in [-0.1, -0.05) is 39.0 Å². The highest BCUT2D eigenvalue weighted by atomic mass is 16.3. The second-order valence-electron chi connectivity index (χ2n) is 4.42. The Morgan fingerprint density at radius 2 is 1.74 bits per heavy atom. The molecule has 0 unspecified atom stereocenters. The lowest BCUT2D eigenvalue weighted by Gasteiger charge is -2.06. The Bertz CT molecular complexity index is 506. The number of nitrogens with zero attached hydrogens (tertiary/aromatic N) is 1. The summed E-state index contributed by atoms with van der Waals surface area (Å²) < 4.78 is 0. The van der Waals surface area contributed by atoms with Crippen molar-refractivity contribution < 1.29 is 0 Å². The van der Waals surface area contributed by atoms with Gasteiger partial charge in [-0.15, -0.1) is 4.91 Å². The fourth-order valence-electron chi connectivity index (χ4n) is 1.81. The van der Waals surface area contributed by atoms with E-state index in [0.29, 0.717) is 6.54 Å². The molecule has 1 aromatic rings. The van der Waals surface area contributed by atoms with Gasteiger partial charge >= 0.3 is 5.69 Å². The number of aromatic amines is 2. The zero-order chi connectivity index (χ0) is 14.1. The van der Waals surface area contributed by atoms with Gasteiger partial charge in [0.05, 0.1) is 0 Å². The van der Waals surface area contributed by atoms with Crippen LogP contribution in [0.25, 0.3) is 0 Å². The SMILES string of the molecule is CCCCCCCCNc1[nH]c(=O)[nH]c(=O)c1N=O. The summed E-state index contributed by atoms with van der Waals surface area (Å²) in [5, 5.41) is 5.49. The van der Waals surface area contributed by atoms with Crippen LogP contribution in [-0.4, -0.2) is 16.5 Å². The van der Waals surface area contributed by atoms with Crippen LogP contribution in [0.4, 0.5) is 11.5 Å². The van der Waals surface area contributed by atoms with E-state index >= 15 is 0 Å². The minimum absolute atomic E-state index is 0.0947. The van der Waals surface area contributed by atoms with Crippen LogP contribution >= 0.6 is 0 Å². The summed E-state index contributed by atoms with van der Waals surface area (Å²) >= 11 is 0. The van der Waals surface area contributed by atoms with Crippen molar-refractivity contribution in [2.24, 2.45) is 5.18 Å². The number of H-pyrrole nitrogens is 2. The van der Waals surface area contributed by atoms with Gasteiger partial charge in [-0.2, -0.15) is 0 Å². The zero-order valence-corrected chi connectivity index (χ0v) is 11.1. The number of nitrogens with one attached hydrogen (secondary N) is 3. The molecular weight excluding hydrogens is 248 g/mol. The van der Waals surface area contributed by atoms with E-state index < -0.39 is 11.2 Å². The van der Waals surface area contributed by atoms with E-state index in [-0.39, 0.29) is 11.5 Å². The van der Waals surface area contributed by atoms with Gasteiger partial charge in [-0.25, -0.2) is 4.79 Å². The monoisotopic (exact) mass is 268 g/mol. The van der Waals surface area contributed by atoms with Gasteiger partial charge in [0.15, 0.2) is 0 Å². The van der Waals surface area contributed by atoms with E-state index in [2.05, 4.69) is 22.4 Å². The van der Waals surface area contributed by atoms with Crippen molar-refractivity contribution in [1.29, 1.82) is 0 Å². The maximum Gasteiger partial charge on any atom is 0.327 e. The summed E-state index contributed by atoms with van der Waals surface area (Å²) in [6, 6.07) is 0. The van der Waals surface area contributed by atoms with Crippen LogP contribution in [0, 0.1) is 4.91 Å². The maximum atomic E-state index is 11.3. The standard InChI is InChI=1S/C12H20N4O3/c1-2-3-4-5-6-7-8-13-10-9(16-19)11(17)15-12(18)14-10/h2-8H2,1H3,(H3,13,14,15,17,18). The van der Waals surface area contributed by atoms with E-state index in [0.717, 1.165) is 12.8 Å². The highest BCUT2D eigenvalue weighted by Crippen LogP contribution is 2.14. The van der Waals surface area contributed by atoms with Crippen LogP contribution in [0.3, 0.4) is 0 Å². The van der Waals surface area contributed by atoms with Crippen molar-refractivity contribution in [2.45, 2.75) is 45.4 Å². The molecule has 0 aliphatic rings. The minimum Gasteiger partial charge on any atom is -0.369 e. The highest BCUT2D eigenvalue weighted by Gasteiger charge is 2.08. The summed E-state index contributed by atoms with van der Waals surface area (Å²) in [6.07, 6.45) is 6.83. The normalized spacial score (nSPS) is 10.4. The summed E-state index contributed by atoms with van der Waals surface area (Å²) in [7, 11) is 0. The Balaban J connectivity index is 2.43. The minimum atomic E-state index is -0.774. The lowest BCUT2D eigenvalue weighted by Crippen LogP contribution is -2.24. The predicted molar refractivity (Wildman–Crippen MR) is 75.0 cm³/mol. The molecule has 19 heavy (non-hydrogen) atoms. The highest BCUT2D eigenvalue weighted by molar-refractivity contribution is 5.57. The van der Waals surface area contributed by atoms with Gasteiger partial charge in [-0.3, -0.25) is 14.8 Å². The molecule has 1 aromatic heterocycles. The smallest absolute Gasteiger partial charge is 0.327 e. The molecule has 0 saturated heterocycles. The molecule has 1 heterocycles. The number of anilines is 1. The number of hydrogen-bond donors (Lipinski definition) is 3. The Morgan fingerprint density at radius 1 is 1.05 bits per heavy atom. The van der Waals surface area contributed by atoms with Crippen molar-refractivity contribution in [3.63, 3.8) is 0 Å². The second-order valence-corrected chi connectivity index (χ2v) is 4.42. The van der Waals surface area contributed by atoms with Crippen LogP contribution in [-0.2, 0) is 0 Å². The fourth-order valence-corrected chi connectivity index (χ4v) is 1.81. The Labute approximate surface area is 110 Å². The largest absolute Gasteiger partial charge is 0.369 e. The number of hydrogen-bond acceptors (Lipinski definition) is 5. The zero-order valence-electron chi connectivity index (χ0n) is 11.1. The van der Waals surface area contributed by atoms with Gasteiger partial charge in [0.25, 0.3) is 5.56 Å². The molecule has 0 spiro atoms. The average molecular weight is 268 g/mol. The van der Waals surface area contributed by atoms with Crippen molar-refractivity contribution in [2.75, 3.05) is 11.9 Å². The second kappa shape index (κ2) is 8.23. The summed E-state index contributed by atoms with van der Waals surface area (Å²) in [6.45, 7) is 2.76. The van der Waals surface area contributed by atoms with E-state index in [9.17, 15) is 14.5 Å². The fraction of sp³-hybridized carbons (Fsp3) is 0.667. The average Bonchev–Trinajstić information content (AvgIpc) is 2.37. The Kier molecular flexibility index (Phi) is 6.56. The molecule has 0 atom stereocenters. The molecule has 106 valence electrons. The number of unbranched alkanes of at least 4 members (excludes halogenated alkanes) is 5. The molecular formula is C12H20N4O3. The summed E-state index contributed by atoms with van der Waals surface area (Å²) in [5.41, 5.74) is -1.74. The molecule has 0 amide bonds. The molecule has 3 N–H and O–H groups in total. The van der Waals surface area contributed by atoms with E-state index in [1.807, 2.05) is 4.98 Å². The molecule has 0 aliphatic heterocycles. The number of rotatable bonds is 9. The lowest BCUT2D eigenvalue weighted by molar-refractivity contribution is 0.616. The van der Waals surface area contributed by atoms with Crippen molar-refractivity contribution >= 4 is 11.5 Å². The van der Waals surface area contributed by atoms with Crippen LogP contribution in [0.5, 0.6) is 0 Å². The van der Waals surface area contributed by atoms with Crippen molar-refractivity contribution in [3.8, 4) is 0 Å². The van der Waals surface area contributed by atoms with Crippen molar-refractivity contribution in [1.82, 2.24) is 9.97 Å². The number of nitroso groups, excluding NO2 is 1. The molecule has 0 aliphatic carbocycles. The predicted octanol–water partition coefficient (Wildman–Crippen LogP) is 2.23. The first-order chi connectivity index (χ1) is 9.19. The summed E-state index contributed by atoms with van der Waals surface area (Å²) in [5.74, 6) is 0.0947.